The first-order valence-electron chi connectivity index (χ1n) is 5.87. The summed E-state index contributed by atoms with van der Waals surface area (Å²) in [6, 6.07) is 4.72. The predicted molar refractivity (Wildman–Crippen MR) is 73.3 cm³/mol. The zero-order chi connectivity index (χ0) is 15.1. The molecule has 0 atom stereocenters. The second-order valence-corrected chi connectivity index (χ2v) is 3.93. The molecule has 1 aromatic rings. The molecule has 0 saturated heterocycles. The highest BCUT2D eigenvalue weighted by Crippen LogP contribution is 2.25. The van der Waals surface area contributed by atoms with Crippen LogP contribution in [0.1, 0.15) is 10.4 Å². The van der Waals surface area contributed by atoms with Crippen molar-refractivity contribution in [2.45, 2.75) is 0 Å². The number of rotatable bonds is 7. The third kappa shape index (κ3) is 3.74. The van der Waals surface area contributed by atoms with Crippen molar-refractivity contribution < 1.29 is 24.2 Å². The number of carboxylic acid groups (broad SMARTS) is 1. The minimum absolute atomic E-state index is 0.139. The molecule has 20 heavy (non-hydrogen) atoms. The third-order valence-electron chi connectivity index (χ3n) is 2.60. The van der Waals surface area contributed by atoms with E-state index in [0.29, 0.717) is 11.5 Å². The zero-order valence-corrected chi connectivity index (χ0v) is 11.5. The van der Waals surface area contributed by atoms with Gasteiger partial charge >= 0.3 is 5.97 Å². The summed E-state index contributed by atoms with van der Waals surface area (Å²) in [6.45, 7) is 3.25. The Morgan fingerprint density at radius 2 is 2.05 bits per heavy atom. The predicted octanol–water partition coefficient (Wildman–Crippen LogP) is 1.42. The maximum Gasteiger partial charge on any atom is 0.323 e. The number of carboxylic acids is 1. The molecule has 0 saturated carbocycles. The van der Waals surface area contributed by atoms with Gasteiger partial charge < -0.3 is 19.5 Å². The smallest absolute Gasteiger partial charge is 0.323 e. The molecule has 6 heteroatoms. The summed E-state index contributed by atoms with van der Waals surface area (Å²) in [7, 11) is 2.94. The Kier molecular flexibility index (Phi) is 5.58. The molecule has 0 heterocycles. The van der Waals surface area contributed by atoms with Crippen molar-refractivity contribution in [2.24, 2.45) is 0 Å². The van der Waals surface area contributed by atoms with Gasteiger partial charge in [-0.2, -0.15) is 0 Å². The van der Waals surface area contributed by atoms with Gasteiger partial charge in [0.2, 0.25) is 0 Å². The van der Waals surface area contributed by atoms with E-state index in [1.807, 2.05) is 0 Å². The van der Waals surface area contributed by atoms with E-state index in [1.54, 1.807) is 12.1 Å². The van der Waals surface area contributed by atoms with Crippen molar-refractivity contribution in [3.05, 3.63) is 36.4 Å². The van der Waals surface area contributed by atoms with Gasteiger partial charge in [0, 0.05) is 12.6 Å². The Balaban J connectivity index is 3.10. The van der Waals surface area contributed by atoms with Crippen LogP contribution in [0.5, 0.6) is 11.5 Å². The number of aliphatic carboxylic acids is 1. The van der Waals surface area contributed by atoms with Crippen LogP contribution in [-0.2, 0) is 4.79 Å². The van der Waals surface area contributed by atoms with Crippen LogP contribution in [0, 0.1) is 0 Å². The van der Waals surface area contributed by atoms with E-state index < -0.39 is 18.4 Å². The second-order valence-electron chi connectivity index (χ2n) is 3.93. The second kappa shape index (κ2) is 7.18. The van der Waals surface area contributed by atoms with E-state index in [9.17, 15) is 9.59 Å². The number of hydrogen-bond acceptors (Lipinski definition) is 4. The summed E-state index contributed by atoms with van der Waals surface area (Å²) >= 11 is 0. The van der Waals surface area contributed by atoms with Crippen molar-refractivity contribution in [3.8, 4) is 11.5 Å². The fourth-order valence-electron chi connectivity index (χ4n) is 1.68. The number of amides is 1. The minimum Gasteiger partial charge on any atom is -0.497 e. The molecule has 0 aliphatic rings. The van der Waals surface area contributed by atoms with E-state index in [2.05, 4.69) is 6.58 Å². The Morgan fingerprint density at radius 3 is 2.55 bits per heavy atom. The normalized spacial score (nSPS) is 9.70. The summed E-state index contributed by atoms with van der Waals surface area (Å²) in [4.78, 5) is 24.3. The summed E-state index contributed by atoms with van der Waals surface area (Å²) in [5, 5.41) is 8.84. The van der Waals surface area contributed by atoms with Crippen molar-refractivity contribution in [3.63, 3.8) is 0 Å². The van der Waals surface area contributed by atoms with Crippen molar-refractivity contribution >= 4 is 11.9 Å². The third-order valence-corrected chi connectivity index (χ3v) is 2.60. The van der Waals surface area contributed by atoms with Gasteiger partial charge in [0.15, 0.2) is 0 Å². The Morgan fingerprint density at radius 1 is 1.35 bits per heavy atom. The molecule has 0 bridgehead atoms. The number of ether oxygens (including phenoxy) is 2. The summed E-state index contributed by atoms with van der Waals surface area (Å²) < 4.78 is 10.2. The number of benzene rings is 1. The van der Waals surface area contributed by atoms with Crippen molar-refractivity contribution in [2.75, 3.05) is 27.3 Å². The van der Waals surface area contributed by atoms with E-state index in [-0.39, 0.29) is 12.1 Å². The summed E-state index contributed by atoms with van der Waals surface area (Å²) in [5.74, 6) is -0.653. The topological polar surface area (TPSA) is 76.1 Å². The van der Waals surface area contributed by atoms with Crippen molar-refractivity contribution in [1.82, 2.24) is 4.90 Å². The molecule has 0 radical (unpaired) electrons. The fraction of sp³-hybridized carbons (Fsp3) is 0.286. The molecule has 0 spiro atoms. The average Bonchev–Trinajstić information content (AvgIpc) is 2.44. The first-order chi connectivity index (χ1) is 9.53. The molecule has 0 aliphatic carbocycles. The fourth-order valence-corrected chi connectivity index (χ4v) is 1.68. The molecule has 108 valence electrons. The SMILES string of the molecule is C=CCN(CC(=O)O)C(=O)c1ccc(OC)cc1OC. The zero-order valence-electron chi connectivity index (χ0n) is 11.5. The highest BCUT2D eigenvalue weighted by molar-refractivity contribution is 5.98. The lowest BCUT2D eigenvalue weighted by molar-refractivity contribution is -0.137. The van der Waals surface area contributed by atoms with Crippen LogP contribution in [0.25, 0.3) is 0 Å². The first kappa shape index (κ1) is 15.6. The van der Waals surface area contributed by atoms with Gasteiger partial charge in [0.05, 0.1) is 19.8 Å². The standard InChI is InChI=1S/C14H17NO5/c1-4-7-15(9-13(16)17)14(18)11-6-5-10(19-2)8-12(11)20-3/h4-6,8H,1,7,9H2,2-3H3,(H,16,17). The molecule has 1 aromatic carbocycles. The van der Waals surface area contributed by atoms with Gasteiger partial charge in [-0.1, -0.05) is 6.08 Å². The van der Waals surface area contributed by atoms with E-state index in [1.165, 1.54) is 31.3 Å². The minimum atomic E-state index is -1.09. The van der Waals surface area contributed by atoms with Crippen LogP contribution in [0.4, 0.5) is 0 Å². The molecular formula is C14H17NO5. The molecule has 0 aromatic heterocycles. The average molecular weight is 279 g/mol. The molecule has 0 fully saturated rings. The Bertz CT molecular complexity index is 512. The van der Waals surface area contributed by atoms with Gasteiger partial charge in [-0.25, -0.2) is 0 Å². The maximum atomic E-state index is 12.3. The molecule has 6 nitrogen and oxygen atoms in total. The van der Waals surface area contributed by atoms with Crippen LogP contribution in [-0.4, -0.2) is 49.2 Å². The molecule has 1 N–H and O–H groups in total. The van der Waals surface area contributed by atoms with Crippen LogP contribution >= 0.6 is 0 Å². The lowest BCUT2D eigenvalue weighted by atomic mass is 10.1. The Labute approximate surface area is 117 Å². The summed E-state index contributed by atoms with van der Waals surface area (Å²) in [6.07, 6.45) is 1.47. The van der Waals surface area contributed by atoms with Crippen LogP contribution in [0.2, 0.25) is 0 Å². The maximum absolute atomic E-state index is 12.3. The molecule has 1 amide bonds. The quantitative estimate of drug-likeness (QED) is 0.764. The van der Waals surface area contributed by atoms with Crippen molar-refractivity contribution in [1.29, 1.82) is 0 Å². The van der Waals surface area contributed by atoms with Crippen LogP contribution in [0.15, 0.2) is 30.9 Å². The molecular weight excluding hydrogens is 262 g/mol. The molecule has 0 aliphatic heterocycles. The van der Waals surface area contributed by atoms with Crippen LogP contribution < -0.4 is 9.47 Å². The lowest BCUT2D eigenvalue weighted by Gasteiger charge is -2.20. The number of carbonyl (C=O) groups excluding carboxylic acids is 1. The van der Waals surface area contributed by atoms with Gasteiger partial charge in [0.25, 0.3) is 5.91 Å². The lowest BCUT2D eigenvalue weighted by Crippen LogP contribution is -2.36. The number of carbonyl (C=O) groups is 2. The van der Waals surface area contributed by atoms with Gasteiger partial charge in [-0.3, -0.25) is 9.59 Å². The molecule has 0 unspecified atom stereocenters. The van der Waals surface area contributed by atoms with Gasteiger partial charge in [-0.15, -0.1) is 6.58 Å². The van der Waals surface area contributed by atoms with E-state index in [4.69, 9.17) is 14.6 Å². The number of methoxy groups -OCH3 is 2. The molecule has 1 rings (SSSR count). The Hall–Kier alpha value is -2.50. The van der Waals surface area contributed by atoms with Gasteiger partial charge in [-0.05, 0) is 12.1 Å². The van der Waals surface area contributed by atoms with Gasteiger partial charge in [0.1, 0.15) is 18.0 Å². The van der Waals surface area contributed by atoms with E-state index in [0.717, 1.165) is 0 Å². The van der Waals surface area contributed by atoms with Crippen LogP contribution in [0.3, 0.4) is 0 Å². The first-order valence-corrected chi connectivity index (χ1v) is 5.87. The number of hydrogen-bond donors (Lipinski definition) is 1. The summed E-state index contributed by atoms with van der Waals surface area (Å²) in [5.41, 5.74) is 0.274. The van der Waals surface area contributed by atoms with E-state index >= 15 is 0 Å². The monoisotopic (exact) mass is 279 g/mol. The highest BCUT2D eigenvalue weighted by Gasteiger charge is 2.21. The highest BCUT2D eigenvalue weighted by atomic mass is 16.5. The largest absolute Gasteiger partial charge is 0.497 e. The number of nitrogens with zero attached hydrogens (tertiary/aromatic N) is 1.